The van der Waals surface area contributed by atoms with E-state index in [1.54, 1.807) is 0 Å². The van der Waals surface area contributed by atoms with E-state index >= 15 is 0 Å². The van der Waals surface area contributed by atoms with E-state index in [-0.39, 0.29) is 0 Å². The highest BCUT2D eigenvalue weighted by atomic mass is 32.1. The van der Waals surface area contributed by atoms with Crippen LogP contribution in [0.25, 0.3) is 0 Å². The Balaban J connectivity index is 2.77. The Kier molecular flexibility index (Phi) is 1.86. The molecule has 0 N–H and O–H groups in total. The van der Waals surface area contributed by atoms with Gasteiger partial charge in [0.2, 0.25) is 11.6 Å². The first kappa shape index (κ1) is 7.15. The number of Topliss-reactive ketones (excluding diaryl/α,β-unsaturated/α-hetero) is 2. The Morgan fingerprint density at radius 2 is 1.44 bits per heavy atom. The molecule has 2 nitrogen and oxygen atoms in total. The van der Waals surface area contributed by atoms with Gasteiger partial charge in [-0.05, 0) is 6.42 Å². The highest BCUT2D eigenvalue weighted by Gasteiger charge is 2.36. The minimum atomic E-state index is -0.403. The van der Waals surface area contributed by atoms with Crippen LogP contribution in [0.5, 0.6) is 0 Å². The second kappa shape index (κ2) is 2.34. The zero-order chi connectivity index (χ0) is 7.02. The number of ketones is 2. The van der Waals surface area contributed by atoms with Gasteiger partial charge in [-0.3, -0.25) is 9.59 Å². The van der Waals surface area contributed by atoms with Crippen molar-refractivity contribution in [2.75, 3.05) is 0 Å². The minimum Gasteiger partial charge on any atom is -0.290 e. The zero-order valence-electron chi connectivity index (χ0n) is 4.57. The molecule has 1 saturated carbocycles. The summed E-state index contributed by atoms with van der Waals surface area (Å²) in [5.74, 6) is -0.781. The van der Waals surface area contributed by atoms with E-state index in [4.69, 9.17) is 0 Å². The standard InChI is InChI=1S/C5H6O2S2/c6-4-2(8)1-3(9)5(4)7/h2-3,8-9H,1H2. The fraction of sp³-hybridized carbons (Fsp3) is 0.600. The second-order valence-corrected chi connectivity index (χ2v) is 3.24. The third-order valence-electron chi connectivity index (χ3n) is 1.29. The maximum Gasteiger partial charge on any atom is 0.212 e. The average molecular weight is 162 g/mol. The van der Waals surface area contributed by atoms with Crippen molar-refractivity contribution in [2.24, 2.45) is 0 Å². The van der Waals surface area contributed by atoms with Crippen LogP contribution >= 0.6 is 25.3 Å². The van der Waals surface area contributed by atoms with E-state index in [0.717, 1.165) is 0 Å². The quantitative estimate of drug-likeness (QED) is 0.392. The van der Waals surface area contributed by atoms with Crippen molar-refractivity contribution in [2.45, 2.75) is 16.9 Å². The molecule has 0 spiro atoms. The fourth-order valence-electron chi connectivity index (χ4n) is 0.754. The van der Waals surface area contributed by atoms with Gasteiger partial charge in [0.1, 0.15) is 0 Å². The number of carbonyl (C=O) groups excluding carboxylic acids is 2. The Bertz CT molecular complexity index is 148. The third-order valence-corrected chi connectivity index (χ3v) is 2.19. The van der Waals surface area contributed by atoms with Gasteiger partial charge in [0.25, 0.3) is 0 Å². The van der Waals surface area contributed by atoms with Crippen LogP contribution in [0.2, 0.25) is 0 Å². The summed E-state index contributed by atoms with van der Waals surface area (Å²) in [6, 6.07) is 0. The van der Waals surface area contributed by atoms with Crippen molar-refractivity contribution in [3.63, 3.8) is 0 Å². The number of rotatable bonds is 0. The molecule has 0 radical (unpaired) electrons. The molecule has 2 unspecified atom stereocenters. The summed E-state index contributed by atoms with van der Waals surface area (Å²) in [4.78, 5) is 21.3. The predicted molar refractivity (Wildman–Crippen MR) is 40.2 cm³/mol. The van der Waals surface area contributed by atoms with Crippen LogP contribution in [0.4, 0.5) is 0 Å². The summed E-state index contributed by atoms with van der Waals surface area (Å²) in [6.45, 7) is 0. The van der Waals surface area contributed by atoms with Crippen LogP contribution < -0.4 is 0 Å². The topological polar surface area (TPSA) is 34.1 Å². The van der Waals surface area contributed by atoms with E-state index in [2.05, 4.69) is 25.3 Å². The SMILES string of the molecule is O=C1C(=O)C(S)CC1S. The summed E-state index contributed by atoms with van der Waals surface area (Å²) in [6.07, 6.45) is 0.476. The number of thiol groups is 2. The highest BCUT2D eigenvalue weighted by molar-refractivity contribution is 7.83. The largest absolute Gasteiger partial charge is 0.290 e. The van der Waals surface area contributed by atoms with Crippen LogP contribution in [0.15, 0.2) is 0 Å². The molecule has 50 valence electrons. The van der Waals surface area contributed by atoms with Gasteiger partial charge in [-0.25, -0.2) is 0 Å². The molecule has 1 rings (SSSR count). The predicted octanol–water partition coefficient (Wildman–Crippen LogP) is 0.125. The normalized spacial score (nSPS) is 35.8. The number of carbonyl (C=O) groups is 2. The van der Waals surface area contributed by atoms with E-state index < -0.39 is 22.1 Å². The van der Waals surface area contributed by atoms with Crippen LogP contribution in [0.3, 0.4) is 0 Å². The molecule has 0 heterocycles. The molecule has 0 aromatic heterocycles. The van der Waals surface area contributed by atoms with E-state index in [9.17, 15) is 9.59 Å². The molecule has 0 aromatic rings. The third kappa shape index (κ3) is 1.14. The van der Waals surface area contributed by atoms with Crippen LogP contribution in [-0.4, -0.2) is 22.1 Å². The molecule has 2 atom stereocenters. The van der Waals surface area contributed by atoms with Gasteiger partial charge in [0, 0.05) is 0 Å². The van der Waals surface area contributed by atoms with E-state index in [1.807, 2.05) is 0 Å². The van der Waals surface area contributed by atoms with Gasteiger partial charge < -0.3 is 0 Å². The summed E-state index contributed by atoms with van der Waals surface area (Å²) in [5, 5.41) is -0.806. The highest BCUT2D eigenvalue weighted by Crippen LogP contribution is 2.21. The lowest BCUT2D eigenvalue weighted by molar-refractivity contribution is -0.133. The molecule has 0 amide bonds. The lowest BCUT2D eigenvalue weighted by atomic mass is 10.3. The molecule has 9 heavy (non-hydrogen) atoms. The summed E-state index contributed by atoms with van der Waals surface area (Å²) in [7, 11) is 0. The Morgan fingerprint density at radius 1 is 1.11 bits per heavy atom. The first-order valence-electron chi connectivity index (χ1n) is 2.57. The molecule has 0 aliphatic heterocycles. The summed E-state index contributed by atoms with van der Waals surface area (Å²) >= 11 is 7.77. The number of hydrogen-bond donors (Lipinski definition) is 2. The van der Waals surface area contributed by atoms with E-state index in [1.165, 1.54) is 0 Å². The fourth-order valence-corrected chi connectivity index (χ4v) is 1.60. The van der Waals surface area contributed by atoms with Crippen molar-refractivity contribution in [3.8, 4) is 0 Å². The number of hydrogen-bond acceptors (Lipinski definition) is 4. The van der Waals surface area contributed by atoms with E-state index in [0.29, 0.717) is 6.42 Å². The van der Waals surface area contributed by atoms with Gasteiger partial charge >= 0.3 is 0 Å². The van der Waals surface area contributed by atoms with Gasteiger partial charge in [0.15, 0.2) is 0 Å². The van der Waals surface area contributed by atoms with Gasteiger partial charge in [-0.15, -0.1) is 0 Å². The molecule has 1 fully saturated rings. The Morgan fingerprint density at radius 3 is 1.56 bits per heavy atom. The maximum atomic E-state index is 10.6. The lowest BCUT2D eigenvalue weighted by Crippen LogP contribution is -2.15. The molecule has 1 aliphatic carbocycles. The summed E-state index contributed by atoms with van der Waals surface area (Å²) in [5.41, 5.74) is 0. The van der Waals surface area contributed by atoms with Crippen molar-refractivity contribution in [3.05, 3.63) is 0 Å². The van der Waals surface area contributed by atoms with Crippen molar-refractivity contribution < 1.29 is 9.59 Å². The second-order valence-electron chi connectivity index (χ2n) is 2.00. The van der Waals surface area contributed by atoms with Crippen LogP contribution in [0.1, 0.15) is 6.42 Å². The Labute approximate surface area is 63.8 Å². The molecular formula is C5H6O2S2. The van der Waals surface area contributed by atoms with Gasteiger partial charge in [0.05, 0.1) is 10.5 Å². The molecule has 0 aromatic carbocycles. The smallest absolute Gasteiger partial charge is 0.212 e. The van der Waals surface area contributed by atoms with Gasteiger partial charge in [-0.2, -0.15) is 25.3 Å². The first-order chi connectivity index (χ1) is 4.13. The first-order valence-corrected chi connectivity index (χ1v) is 3.60. The minimum absolute atomic E-state index is 0.390. The molecular weight excluding hydrogens is 156 g/mol. The molecule has 0 saturated heterocycles. The van der Waals surface area contributed by atoms with Crippen LogP contribution in [0, 0.1) is 0 Å². The molecule has 1 aliphatic rings. The molecule has 4 heteroatoms. The maximum absolute atomic E-state index is 10.6. The van der Waals surface area contributed by atoms with Crippen molar-refractivity contribution >= 4 is 36.8 Å². The van der Waals surface area contributed by atoms with Crippen molar-refractivity contribution in [1.29, 1.82) is 0 Å². The lowest BCUT2D eigenvalue weighted by Gasteiger charge is -1.91. The Hall–Kier alpha value is 0.0400. The van der Waals surface area contributed by atoms with Gasteiger partial charge in [-0.1, -0.05) is 0 Å². The van der Waals surface area contributed by atoms with Crippen LogP contribution in [-0.2, 0) is 9.59 Å². The monoisotopic (exact) mass is 162 g/mol. The molecule has 0 bridgehead atoms. The van der Waals surface area contributed by atoms with Crippen molar-refractivity contribution in [1.82, 2.24) is 0 Å². The summed E-state index contributed by atoms with van der Waals surface area (Å²) < 4.78 is 0. The zero-order valence-corrected chi connectivity index (χ0v) is 6.36. The average Bonchev–Trinajstić information content (AvgIpc) is 1.98.